The predicted octanol–water partition coefficient (Wildman–Crippen LogP) is 6.99. The van der Waals surface area contributed by atoms with Crippen LogP contribution in [0.15, 0.2) is 91.0 Å². The lowest BCUT2D eigenvalue weighted by Crippen LogP contribution is -2.46. The predicted molar refractivity (Wildman–Crippen MR) is 355 cm³/mol. The molecule has 1 amide bonds. The van der Waals surface area contributed by atoms with E-state index < -0.39 is 51.8 Å². The topological polar surface area (TPSA) is 275 Å². The third kappa shape index (κ3) is 20.2. The number of methoxy groups -OCH3 is 3. The van der Waals surface area contributed by atoms with Crippen LogP contribution in [0.3, 0.4) is 0 Å². The summed E-state index contributed by atoms with van der Waals surface area (Å²) in [7, 11) is 13.7. The number of carbonyl (C=O) groups is 5. The molecular weight excluding hydrogens is 1210 g/mol. The Kier molecular flexibility index (Phi) is 27.3. The molecule has 0 radical (unpaired) electrons. The van der Waals surface area contributed by atoms with Crippen molar-refractivity contribution in [1.29, 1.82) is 0 Å². The van der Waals surface area contributed by atoms with Crippen LogP contribution in [-0.2, 0) is 34.0 Å². The number of sulfonamides is 1. The van der Waals surface area contributed by atoms with Crippen LogP contribution in [0.5, 0.6) is 28.7 Å². The first-order chi connectivity index (χ1) is 43.9. The van der Waals surface area contributed by atoms with Crippen molar-refractivity contribution in [3.63, 3.8) is 0 Å². The summed E-state index contributed by atoms with van der Waals surface area (Å²) in [6.45, 7) is 13.3. The van der Waals surface area contributed by atoms with Crippen molar-refractivity contribution in [3.05, 3.63) is 113 Å². The molecule has 9 rings (SSSR count). The smallest absolute Gasteiger partial charge is 0.308 e. The van der Waals surface area contributed by atoms with E-state index in [0.717, 1.165) is 95.7 Å². The molecule has 0 bridgehead atoms. The highest BCUT2D eigenvalue weighted by Gasteiger charge is 2.48. The first kappa shape index (κ1) is 75.0. The van der Waals surface area contributed by atoms with E-state index in [1.807, 2.05) is 137 Å². The Balaban J connectivity index is 0.000000213. The Morgan fingerprint density at radius 3 is 1.31 bits per heavy atom. The highest BCUT2D eigenvalue weighted by Crippen LogP contribution is 2.44. The van der Waals surface area contributed by atoms with Crippen molar-refractivity contribution < 1.29 is 81.0 Å². The van der Waals surface area contributed by atoms with Gasteiger partial charge in [-0.1, -0.05) is 55.8 Å². The summed E-state index contributed by atoms with van der Waals surface area (Å²) in [4.78, 5) is 70.6. The van der Waals surface area contributed by atoms with Gasteiger partial charge in [-0.3, -0.25) is 28.9 Å². The Bertz CT molecular complexity index is 3010. The molecular formula is C69H102N7O16S+. The van der Waals surface area contributed by atoms with E-state index in [4.69, 9.17) is 23.7 Å². The molecule has 4 fully saturated rings. The van der Waals surface area contributed by atoms with Crippen LogP contribution in [0.4, 0.5) is 0 Å². The van der Waals surface area contributed by atoms with Crippen molar-refractivity contribution in [2.24, 2.45) is 23.7 Å². The largest absolute Gasteiger partial charge is 0.497 e. The van der Waals surface area contributed by atoms with Gasteiger partial charge in [-0.05, 0) is 126 Å². The number of quaternary nitrogens is 1. The average molecular weight is 1320 g/mol. The second kappa shape index (κ2) is 33.9. The highest BCUT2D eigenvalue weighted by molar-refractivity contribution is 7.88. The van der Waals surface area contributed by atoms with Crippen LogP contribution in [0.2, 0.25) is 0 Å². The molecule has 0 unspecified atom stereocenters. The molecule has 24 heteroatoms. The van der Waals surface area contributed by atoms with Crippen LogP contribution in [0.1, 0.15) is 99.3 Å². The van der Waals surface area contributed by atoms with Crippen LogP contribution in [-0.4, -0.2) is 247 Å². The number of amides is 1. The lowest BCUT2D eigenvalue weighted by atomic mass is 9.84. The number of unbranched alkanes of at least 4 members (excludes halogenated alkanes) is 1. The van der Waals surface area contributed by atoms with Gasteiger partial charge in [0.25, 0.3) is 0 Å². The molecule has 4 aromatic rings. The quantitative estimate of drug-likeness (QED) is 0.0442. The fourth-order valence-electron chi connectivity index (χ4n) is 13.7. The Morgan fingerprint density at radius 2 is 0.946 bits per heavy atom. The maximum absolute atomic E-state index is 13.6. The summed E-state index contributed by atoms with van der Waals surface area (Å²) in [5.41, 5.74) is 4.01. The average Bonchev–Trinajstić information content (AvgIpc) is 1.67. The van der Waals surface area contributed by atoms with Crippen LogP contribution in [0, 0.1) is 23.7 Å². The Morgan fingerprint density at radius 1 is 0.570 bits per heavy atom. The highest BCUT2D eigenvalue weighted by atomic mass is 32.2. The summed E-state index contributed by atoms with van der Waals surface area (Å²) in [6.07, 6.45) is 4.09. The van der Waals surface area contributed by atoms with Crippen molar-refractivity contribution in [2.45, 2.75) is 101 Å². The lowest BCUT2D eigenvalue weighted by Gasteiger charge is -2.30. The number of ether oxygens (including phenoxy) is 5. The number of fused-ring (bicyclic) bond motifs is 1. The number of aliphatic carboxylic acids is 4. The normalized spacial score (nSPS) is 25.4. The number of hydrogen-bond donors (Lipinski definition) is 5. The molecule has 5 aliphatic rings. The van der Waals surface area contributed by atoms with Gasteiger partial charge < -0.3 is 68.2 Å². The van der Waals surface area contributed by atoms with Gasteiger partial charge in [0.15, 0.2) is 11.5 Å². The maximum Gasteiger partial charge on any atom is 0.308 e. The van der Waals surface area contributed by atoms with Gasteiger partial charge in [-0.2, -0.15) is 0 Å². The van der Waals surface area contributed by atoms with E-state index >= 15 is 0 Å². The third-order valence-electron chi connectivity index (χ3n) is 19.3. The minimum absolute atomic E-state index is 0.0265. The molecule has 4 aromatic carbocycles. The van der Waals surface area contributed by atoms with Gasteiger partial charge in [0.2, 0.25) is 22.7 Å². The van der Waals surface area contributed by atoms with Crippen LogP contribution >= 0.6 is 0 Å². The number of nitrogens with zero attached hydrogens (tertiary/aromatic N) is 6. The summed E-state index contributed by atoms with van der Waals surface area (Å²) >= 11 is 0. The fraction of sp³-hybridized carbons (Fsp3) is 0.580. The molecule has 0 aromatic heterocycles. The molecule has 23 nitrogen and oxygen atoms in total. The van der Waals surface area contributed by atoms with E-state index in [0.29, 0.717) is 31.1 Å². The van der Waals surface area contributed by atoms with Crippen molar-refractivity contribution >= 4 is 39.8 Å². The third-order valence-corrected chi connectivity index (χ3v) is 20.0. The van der Waals surface area contributed by atoms with E-state index in [9.17, 15) is 52.8 Å². The van der Waals surface area contributed by atoms with Gasteiger partial charge in [0, 0.05) is 100 Å². The van der Waals surface area contributed by atoms with Crippen molar-refractivity contribution in [1.82, 2.24) is 29.2 Å². The zero-order valence-corrected chi connectivity index (χ0v) is 57.6. The zero-order chi connectivity index (χ0) is 68.6. The number of benzene rings is 4. The number of carbonyl (C=O) groups excluding carboxylic acids is 1. The van der Waals surface area contributed by atoms with Crippen molar-refractivity contribution in [3.8, 4) is 28.7 Å². The summed E-state index contributed by atoms with van der Waals surface area (Å²) in [5.74, 6) is -1.66. The van der Waals surface area contributed by atoms with E-state index in [1.54, 1.807) is 27.4 Å². The summed E-state index contributed by atoms with van der Waals surface area (Å²) in [5, 5.41) is 38.5. The first-order valence-corrected chi connectivity index (χ1v) is 33.9. The molecule has 514 valence electrons. The number of carboxylic acids is 4. The number of rotatable bonds is 24. The molecule has 5 N–H and O–H groups in total. The van der Waals surface area contributed by atoms with E-state index in [-0.39, 0.29) is 85.8 Å². The van der Waals surface area contributed by atoms with Gasteiger partial charge >= 0.3 is 23.9 Å². The molecule has 0 saturated carbocycles. The SMILES string of the molecule is CCCCN(CCC[N+](C)(C)C)C(=O)CN1C[C@H](c2ccc3c(c2)OCO3)[C@@H](C(=O)O)[C@@H]1CCNS(C)(=O)=O.COc1ccc([C@H]2CN(C)[C@@H](C)[C@@H]2C(=O)O)cc1.COc1ccc([C@H]2CN(C)[C@@H](C)[C@@H]2C(=O)O)cc1.COc1ccc([C@H]2CN(C)[C@@H](C)[C@@H]2C(=O)O)cc1. The van der Waals surface area contributed by atoms with Gasteiger partial charge in [0.1, 0.15) is 17.2 Å². The Hall–Kier alpha value is -7.06. The van der Waals surface area contributed by atoms with Crippen LogP contribution < -0.4 is 28.4 Å². The molecule has 5 heterocycles. The summed E-state index contributed by atoms with van der Waals surface area (Å²) < 4.78 is 53.0. The van der Waals surface area contributed by atoms with E-state index in [2.05, 4.69) is 47.5 Å². The Labute approximate surface area is 550 Å². The number of hydrogen-bond acceptors (Lipinski definition) is 16. The second-order valence-electron chi connectivity index (χ2n) is 26.4. The van der Waals surface area contributed by atoms with Crippen molar-refractivity contribution in [2.75, 3.05) is 136 Å². The van der Waals surface area contributed by atoms with Gasteiger partial charge in [0.05, 0.1) is 85.5 Å². The van der Waals surface area contributed by atoms with E-state index in [1.165, 1.54) is 0 Å². The standard InChI is InChI=1S/C27H44N4O7S.3C14H19NO3/c1-6-7-13-29(14-8-15-31(2,3)4)25(32)18-30-17-21(20-9-10-23-24(16-20)38-19-37-23)26(27(33)34)22(30)11-12-28-39(5,35)36;3*1-9-13(14(16)17)12(8-15(9)2)10-4-6-11(18-3)7-5-10/h9-10,16,21-22,26,28H,6-8,11-15,17-19H2,1-5H3;3*4-7,9,12-13H,8H2,1-3H3,(H,16,17)/p+1/t21-,22+,26-;3*9-,12+,13-/m1000/s1. The molecule has 0 spiro atoms. The molecule has 12 atom stereocenters. The number of likely N-dealkylation sites (tertiary alicyclic amines) is 4. The molecule has 4 saturated heterocycles. The second-order valence-corrected chi connectivity index (χ2v) is 28.2. The van der Waals surface area contributed by atoms with Gasteiger partial charge in [-0.15, -0.1) is 0 Å². The number of carboxylic acid groups (broad SMARTS) is 4. The molecule has 0 aliphatic carbocycles. The number of likely N-dealkylation sites (N-methyl/N-ethyl adjacent to an activating group) is 3. The lowest BCUT2D eigenvalue weighted by molar-refractivity contribution is -0.870. The minimum Gasteiger partial charge on any atom is -0.497 e. The zero-order valence-electron chi connectivity index (χ0n) is 56.8. The minimum atomic E-state index is -3.44. The fourth-order valence-corrected chi connectivity index (χ4v) is 14.2. The van der Waals surface area contributed by atoms with Gasteiger partial charge in [-0.25, -0.2) is 13.1 Å². The summed E-state index contributed by atoms with van der Waals surface area (Å²) in [6, 6.07) is 28.2. The first-order valence-electron chi connectivity index (χ1n) is 32.0. The van der Waals surface area contributed by atoms with Crippen LogP contribution in [0.25, 0.3) is 0 Å². The number of nitrogens with one attached hydrogen (secondary N) is 1. The molecule has 5 aliphatic heterocycles. The monoisotopic (exact) mass is 1320 g/mol. The maximum atomic E-state index is 13.6. The molecule has 93 heavy (non-hydrogen) atoms.